The smallest absolute Gasteiger partial charge is 0.180 e. The van der Waals surface area contributed by atoms with Gasteiger partial charge < -0.3 is 10.8 Å². The Labute approximate surface area is 94.3 Å². The third-order valence-corrected chi connectivity index (χ3v) is 4.65. The lowest BCUT2D eigenvalue weighted by atomic mass is 9.73. The predicted octanol–water partition coefficient (Wildman–Crippen LogP) is 2.37. The summed E-state index contributed by atoms with van der Waals surface area (Å²) in [5.41, 5.74) is 4.92. The molecule has 0 spiro atoms. The normalized spacial score (nSPS) is 36.7. The third kappa shape index (κ3) is 2.01. The van der Waals surface area contributed by atoms with Crippen molar-refractivity contribution in [3.63, 3.8) is 0 Å². The summed E-state index contributed by atoms with van der Waals surface area (Å²) in [6, 6.07) is 0. The first-order valence-corrected chi connectivity index (χ1v) is 6.27. The van der Waals surface area contributed by atoms with Crippen LogP contribution in [0.15, 0.2) is 6.20 Å². The Morgan fingerprint density at radius 3 is 2.80 bits per heavy atom. The molecule has 1 aliphatic rings. The van der Waals surface area contributed by atoms with Gasteiger partial charge in [-0.3, -0.25) is 0 Å². The van der Waals surface area contributed by atoms with Crippen LogP contribution in [0.3, 0.4) is 0 Å². The molecule has 1 aromatic heterocycles. The second-order valence-corrected chi connectivity index (χ2v) is 5.85. The molecule has 0 amide bonds. The molecule has 1 aliphatic carbocycles. The van der Waals surface area contributed by atoms with E-state index in [-0.39, 0.29) is 0 Å². The van der Waals surface area contributed by atoms with Gasteiger partial charge in [-0.25, -0.2) is 4.98 Å². The molecule has 3 atom stereocenters. The lowest BCUT2D eigenvalue weighted by molar-refractivity contribution is -0.0307. The Hall–Kier alpha value is -0.610. The molecule has 1 heterocycles. The van der Waals surface area contributed by atoms with Gasteiger partial charge in [0, 0.05) is 6.20 Å². The average Bonchev–Trinajstić information content (AvgIpc) is 2.60. The highest BCUT2D eigenvalue weighted by atomic mass is 32.1. The van der Waals surface area contributed by atoms with Crippen LogP contribution in [0.4, 0.5) is 5.13 Å². The SMILES string of the molecule is CC1CCC(O)(c2cnc(N)s2)CC1C. The number of aliphatic hydroxyl groups is 1. The minimum atomic E-state index is -0.679. The Morgan fingerprint density at radius 2 is 2.27 bits per heavy atom. The minimum Gasteiger partial charge on any atom is -0.384 e. The molecule has 3 nitrogen and oxygen atoms in total. The first-order valence-electron chi connectivity index (χ1n) is 5.45. The summed E-state index contributed by atoms with van der Waals surface area (Å²) in [5, 5.41) is 11.1. The fourth-order valence-corrected chi connectivity index (χ4v) is 3.12. The summed E-state index contributed by atoms with van der Waals surface area (Å²) >= 11 is 1.41. The molecule has 0 aromatic carbocycles. The largest absolute Gasteiger partial charge is 0.384 e. The number of thiazole rings is 1. The number of nitrogens with zero attached hydrogens (tertiary/aromatic N) is 1. The summed E-state index contributed by atoms with van der Waals surface area (Å²) in [6.07, 6.45) is 4.47. The molecule has 4 heteroatoms. The number of nitrogen functional groups attached to an aromatic ring is 1. The molecule has 1 aromatic rings. The standard InChI is InChI=1S/C11H18N2OS/c1-7-3-4-11(14,5-8(7)2)9-6-13-10(12)15-9/h6-8,14H,3-5H2,1-2H3,(H2,12,13). The molecule has 1 saturated carbocycles. The van der Waals surface area contributed by atoms with Gasteiger partial charge in [0.05, 0.1) is 4.88 Å². The number of rotatable bonds is 1. The van der Waals surface area contributed by atoms with E-state index in [1.807, 2.05) is 0 Å². The van der Waals surface area contributed by atoms with Crippen molar-refractivity contribution < 1.29 is 5.11 Å². The molecule has 2 rings (SSSR count). The number of hydrogen-bond acceptors (Lipinski definition) is 4. The van der Waals surface area contributed by atoms with Gasteiger partial charge in [-0.15, -0.1) is 0 Å². The van der Waals surface area contributed by atoms with E-state index >= 15 is 0 Å². The van der Waals surface area contributed by atoms with Crippen molar-refractivity contribution in [3.8, 4) is 0 Å². The maximum Gasteiger partial charge on any atom is 0.180 e. The van der Waals surface area contributed by atoms with Crippen molar-refractivity contribution in [3.05, 3.63) is 11.1 Å². The maximum absolute atomic E-state index is 10.6. The van der Waals surface area contributed by atoms with Gasteiger partial charge in [-0.05, 0) is 31.1 Å². The number of hydrogen-bond donors (Lipinski definition) is 2. The molecule has 84 valence electrons. The average molecular weight is 226 g/mol. The maximum atomic E-state index is 10.6. The lowest BCUT2D eigenvalue weighted by Gasteiger charge is -2.38. The van der Waals surface area contributed by atoms with Gasteiger partial charge in [0.2, 0.25) is 0 Å². The molecule has 0 aliphatic heterocycles. The van der Waals surface area contributed by atoms with Gasteiger partial charge >= 0.3 is 0 Å². The van der Waals surface area contributed by atoms with Crippen LogP contribution in [0.5, 0.6) is 0 Å². The monoisotopic (exact) mass is 226 g/mol. The van der Waals surface area contributed by atoms with Crippen LogP contribution in [-0.2, 0) is 5.60 Å². The molecule has 0 saturated heterocycles. The van der Waals surface area contributed by atoms with Gasteiger partial charge in [0.15, 0.2) is 5.13 Å². The molecule has 0 bridgehead atoms. The minimum absolute atomic E-state index is 0.546. The number of aromatic nitrogens is 1. The molecule has 1 fully saturated rings. The van der Waals surface area contributed by atoms with Crippen molar-refractivity contribution in [2.45, 2.75) is 38.7 Å². The van der Waals surface area contributed by atoms with Crippen molar-refractivity contribution in [1.82, 2.24) is 4.98 Å². The molecule has 15 heavy (non-hydrogen) atoms. The fourth-order valence-electron chi connectivity index (χ4n) is 2.31. The van der Waals surface area contributed by atoms with E-state index in [0.717, 1.165) is 24.1 Å². The first-order chi connectivity index (χ1) is 7.01. The first kappa shape index (κ1) is 10.9. The zero-order valence-electron chi connectivity index (χ0n) is 9.23. The van der Waals surface area contributed by atoms with E-state index in [1.54, 1.807) is 6.20 Å². The topological polar surface area (TPSA) is 59.1 Å². The summed E-state index contributed by atoms with van der Waals surface area (Å²) in [4.78, 5) is 4.95. The highest BCUT2D eigenvalue weighted by Crippen LogP contribution is 2.44. The Kier molecular flexibility index (Phi) is 2.73. The summed E-state index contributed by atoms with van der Waals surface area (Å²) in [5.74, 6) is 1.27. The zero-order valence-corrected chi connectivity index (χ0v) is 10.0. The molecular weight excluding hydrogens is 208 g/mol. The van der Waals surface area contributed by atoms with E-state index in [9.17, 15) is 5.11 Å². The summed E-state index contributed by atoms with van der Waals surface area (Å²) < 4.78 is 0. The van der Waals surface area contributed by atoms with Crippen LogP contribution >= 0.6 is 11.3 Å². The third-order valence-electron chi connectivity index (χ3n) is 3.63. The van der Waals surface area contributed by atoms with Gasteiger partial charge in [0.25, 0.3) is 0 Å². The lowest BCUT2D eigenvalue weighted by Crippen LogP contribution is -2.34. The van der Waals surface area contributed by atoms with E-state index in [2.05, 4.69) is 18.8 Å². The van der Waals surface area contributed by atoms with Crippen LogP contribution in [-0.4, -0.2) is 10.1 Å². The highest BCUT2D eigenvalue weighted by Gasteiger charge is 2.38. The van der Waals surface area contributed by atoms with Gasteiger partial charge in [0.1, 0.15) is 5.60 Å². The molecular formula is C11H18N2OS. The molecule has 3 N–H and O–H groups in total. The summed E-state index contributed by atoms with van der Waals surface area (Å²) in [6.45, 7) is 4.46. The van der Waals surface area contributed by atoms with Crippen LogP contribution in [0, 0.1) is 11.8 Å². The van der Waals surface area contributed by atoms with E-state index in [4.69, 9.17) is 5.73 Å². The van der Waals surface area contributed by atoms with Crippen LogP contribution in [0.2, 0.25) is 0 Å². The number of nitrogens with two attached hydrogens (primary N) is 1. The van der Waals surface area contributed by atoms with E-state index < -0.39 is 5.60 Å². The van der Waals surface area contributed by atoms with Crippen LogP contribution in [0.1, 0.15) is 38.0 Å². The van der Waals surface area contributed by atoms with Gasteiger partial charge in [-0.1, -0.05) is 25.2 Å². The fraction of sp³-hybridized carbons (Fsp3) is 0.727. The van der Waals surface area contributed by atoms with Crippen molar-refractivity contribution >= 4 is 16.5 Å². The van der Waals surface area contributed by atoms with Gasteiger partial charge in [-0.2, -0.15) is 0 Å². The Bertz CT molecular complexity index is 352. The Morgan fingerprint density at radius 1 is 1.53 bits per heavy atom. The molecule has 0 radical (unpaired) electrons. The van der Waals surface area contributed by atoms with E-state index in [0.29, 0.717) is 17.0 Å². The van der Waals surface area contributed by atoms with Crippen molar-refractivity contribution in [1.29, 1.82) is 0 Å². The second-order valence-electron chi connectivity index (χ2n) is 4.79. The van der Waals surface area contributed by atoms with Crippen molar-refractivity contribution in [2.24, 2.45) is 11.8 Å². The van der Waals surface area contributed by atoms with Crippen LogP contribution in [0.25, 0.3) is 0 Å². The quantitative estimate of drug-likeness (QED) is 0.773. The molecule has 3 unspecified atom stereocenters. The zero-order chi connectivity index (χ0) is 11.1. The summed E-state index contributed by atoms with van der Waals surface area (Å²) in [7, 11) is 0. The Balaban J connectivity index is 2.20. The van der Waals surface area contributed by atoms with E-state index in [1.165, 1.54) is 11.3 Å². The number of anilines is 1. The highest BCUT2D eigenvalue weighted by molar-refractivity contribution is 7.15. The van der Waals surface area contributed by atoms with Crippen molar-refractivity contribution in [2.75, 3.05) is 5.73 Å². The van der Waals surface area contributed by atoms with Crippen LogP contribution < -0.4 is 5.73 Å². The predicted molar refractivity (Wildman–Crippen MR) is 62.6 cm³/mol. The second kappa shape index (κ2) is 3.76.